The third kappa shape index (κ3) is 3.56. The van der Waals surface area contributed by atoms with Crippen molar-refractivity contribution in [3.05, 3.63) is 59.8 Å². The molecule has 0 amide bonds. The summed E-state index contributed by atoms with van der Waals surface area (Å²) >= 11 is 0. The Bertz CT molecular complexity index is 1160. The molecule has 0 unspecified atom stereocenters. The second-order valence-corrected chi connectivity index (χ2v) is 6.57. The molecule has 0 aliphatic carbocycles. The first-order chi connectivity index (χ1) is 14.1. The molecular formula is C21H22N6O2. The second kappa shape index (κ2) is 7.75. The first-order valence-electron chi connectivity index (χ1n) is 9.20. The van der Waals surface area contributed by atoms with E-state index in [1.54, 1.807) is 31.1 Å². The molecule has 0 atom stereocenters. The van der Waals surface area contributed by atoms with Gasteiger partial charge in [0, 0.05) is 24.5 Å². The third-order valence-corrected chi connectivity index (χ3v) is 4.64. The van der Waals surface area contributed by atoms with Gasteiger partial charge in [0.25, 0.3) is 0 Å². The minimum absolute atomic E-state index is 0.610. The molecule has 3 heterocycles. The van der Waals surface area contributed by atoms with E-state index in [1.165, 1.54) is 0 Å². The maximum Gasteiger partial charge on any atom is 0.227 e. The molecule has 0 radical (unpaired) electrons. The smallest absolute Gasteiger partial charge is 0.227 e. The fourth-order valence-electron chi connectivity index (χ4n) is 3.27. The molecule has 29 heavy (non-hydrogen) atoms. The van der Waals surface area contributed by atoms with Crippen molar-refractivity contribution < 1.29 is 9.47 Å². The number of benzene rings is 1. The first kappa shape index (κ1) is 18.7. The Morgan fingerprint density at radius 3 is 2.45 bits per heavy atom. The topological polar surface area (TPSA) is 86.5 Å². The normalized spacial score (nSPS) is 10.9. The first-order valence-corrected chi connectivity index (χ1v) is 9.20. The number of pyridine rings is 1. The molecule has 0 bridgehead atoms. The Labute approximate surface area is 168 Å². The van der Waals surface area contributed by atoms with E-state index in [9.17, 15) is 0 Å². The highest BCUT2D eigenvalue weighted by Gasteiger charge is 2.18. The van der Waals surface area contributed by atoms with Crippen LogP contribution in [0.1, 0.15) is 17.1 Å². The molecule has 0 saturated heterocycles. The molecule has 148 valence electrons. The van der Waals surface area contributed by atoms with Crippen LogP contribution in [0.2, 0.25) is 0 Å². The van der Waals surface area contributed by atoms with Gasteiger partial charge in [-0.25, -0.2) is 4.98 Å². The lowest BCUT2D eigenvalue weighted by Crippen LogP contribution is -2.09. The summed E-state index contributed by atoms with van der Waals surface area (Å²) in [4.78, 5) is 13.2. The van der Waals surface area contributed by atoms with Crippen molar-refractivity contribution in [1.29, 1.82) is 0 Å². The van der Waals surface area contributed by atoms with E-state index in [4.69, 9.17) is 9.47 Å². The van der Waals surface area contributed by atoms with Crippen LogP contribution in [-0.4, -0.2) is 38.8 Å². The summed E-state index contributed by atoms with van der Waals surface area (Å²) in [5.74, 6) is 2.64. The SMILES string of the molecule is COc1ccc(-c2c(C)nn3c(NCc4ccncc4)nc(C)nc23)cc1OC. The van der Waals surface area contributed by atoms with Crippen molar-refractivity contribution in [2.24, 2.45) is 0 Å². The van der Waals surface area contributed by atoms with E-state index in [0.29, 0.717) is 29.8 Å². The van der Waals surface area contributed by atoms with Crippen LogP contribution in [0.25, 0.3) is 16.8 Å². The molecule has 0 spiro atoms. The van der Waals surface area contributed by atoms with Gasteiger partial charge in [0.2, 0.25) is 5.95 Å². The highest BCUT2D eigenvalue weighted by atomic mass is 16.5. The summed E-state index contributed by atoms with van der Waals surface area (Å²) < 4.78 is 12.6. The number of aromatic nitrogens is 5. The molecule has 0 aliphatic rings. The monoisotopic (exact) mass is 390 g/mol. The molecular weight excluding hydrogens is 368 g/mol. The van der Waals surface area contributed by atoms with Gasteiger partial charge in [-0.2, -0.15) is 14.6 Å². The van der Waals surface area contributed by atoms with E-state index in [-0.39, 0.29) is 0 Å². The minimum Gasteiger partial charge on any atom is -0.493 e. The van der Waals surface area contributed by atoms with Gasteiger partial charge >= 0.3 is 0 Å². The highest BCUT2D eigenvalue weighted by Crippen LogP contribution is 2.35. The largest absolute Gasteiger partial charge is 0.493 e. The summed E-state index contributed by atoms with van der Waals surface area (Å²) in [5.41, 5.74) is 4.58. The molecule has 1 N–H and O–H groups in total. The van der Waals surface area contributed by atoms with Gasteiger partial charge in [0.05, 0.1) is 19.9 Å². The average Bonchev–Trinajstić information content (AvgIpc) is 3.07. The summed E-state index contributed by atoms with van der Waals surface area (Å²) in [5, 5.41) is 8.04. The lowest BCUT2D eigenvalue weighted by atomic mass is 10.1. The molecule has 8 nitrogen and oxygen atoms in total. The number of anilines is 1. The van der Waals surface area contributed by atoms with Gasteiger partial charge in [-0.3, -0.25) is 4.98 Å². The summed E-state index contributed by atoms with van der Waals surface area (Å²) in [6.45, 7) is 4.44. The molecule has 4 rings (SSSR count). The average molecular weight is 390 g/mol. The summed E-state index contributed by atoms with van der Waals surface area (Å²) in [6, 6.07) is 9.72. The van der Waals surface area contributed by atoms with Crippen molar-refractivity contribution in [2.45, 2.75) is 20.4 Å². The van der Waals surface area contributed by atoms with Gasteiger partial charge in [0.1, 0.15) is 5.82 Å². The van der Waals surface area contributed by atoms with Gasteiger partial charge < -0.3 is 14.8 Å². The lowest BCUT2D eigenvalue weighted by molar-refractivity contribution is 0.355. The maximum absolute atomic E-state index is 5.46. The third-order valence-electron chi connectivity index (χ3n) is 4.64. The van der Waals surface area contributed by atoms with Gasteiger partial charge in [-0.15, -0.1) is 0 Å². The number of hydrogen-bond donors (Lipinski definition) is 1. The summed E-state index contributed by atoms with van der Waals surface area (Å²) in [6.07, 6.45) is 3.54. The molecule has 0 fully saturated rings. The fourth-order valence-corrected chi connectivity index (χ4v) is 3.27. The van der Waals surface area contributed by atoms with Crippen LogP contribution in [0.15, 0.2) is 42.7 Å². The predicted molar refractivity (Wildman–Crippen MR) is 110 cm³/mol. The Hall–Kier alpha value is -3.68. The zero-order chi connectivity index (χ0) is 20.4. The Balaban J connectivity index is 1.79. The van der Waals surface area contributed by atoms with E-state index in [0.717, 1.165) is 28.0 Å². The van der Waals surface area contributed by atoms with Gasteiger partial charge in [-0.1, -0.05) is 6.07 Å². The second-order valence-electron chi connectivity index (χ2n) is 6.57. The van der Waals surface area contributed by atoms with Crippen LogP contribution in [-0.2, 0) is 6.54 Å². The molecule has 0 aliphatic heterocycles. The van der Waals surface area contributed by atoms with E-state index >= 15 is 0 Å². The zero-order valence-corrected chi connectivity index (χ0v) is 16.8. The van der Waals surface area contributed by atoms with Crippen molar-refractivity contribution in [3.63, 3.8) is 0 Å². The van der Waals surface area contributed by atoms with Crippen LogP contribution < -0.4 is 14.8 Å². The van der Waals surface area contributed by atoms with Crippen molar-refractivity contribution >= 4 is 11.6 Å². The number of nitrogens with one attached hydrogen (secondary N) is 1. The lowest BCUT2D eigenvalue weighted by Gasteiger charge is -2.10. The minimum atomic E-state index is 0.610. The quantitative estimate of drug-likeness (QED) is 0.540. The summed E-state index contributed by atoms with van der Waals surface area (Å²) in [7, 11) is 3.24. The van der Waals surface area contributed by atoms with Crippen molar-refractivity contribution in [3.8, 4) is 22.6 Å². The fraction of sp³-hybridized carbons (Fsp3) is 0.238. The van der Waals surface area contributed by atoms with Crippen molar-refractivity contribution in [2.75, 3.05) is 19.5 Å². The molecule has 4 aromatic rings. The number of fused-ring (bicyclic) bond motifs is 1. The standard InChI is InChI=1S/C21H22N6O2/c1-13-19(16-5-6-17(28-3)18(11-16)29-4)20-24-14(2)25-21(27(20)26-13)23-12-15-7-9-22-10-8-15/h5-11H,12H2,1-4H3,(H,23,24,25). The van der Waals surface area contributed by atoms with Crippen LogP contribution in [0.3, 0.4) is 0 Å². The van der Waals surface area contributed by atoms with Crippen LogP contribution in [0, 0.1) is 13.8 Å². The zero-order valence-electron chi connectivity index (χ0n) is 16.8. The molecule has 3 aromatic heterocycles. The Kier molecular flexibility index (Phi) is 4.99. The van der Waals surface area contributed by atoms with Crippen LogP contribution in [0.5, 0.6) is 11.5 Å². The van der Waals surface area contributed by atoms with Crippen LogP contribution in [0.4, 0.5) is 5.95 Å². The molecule has 0 saturated carbocycles. The Morgan fingerprint density at radius 1 is 0.966 bits per heavy atom. The Morgan fingerprint density at radius 2 is 1.72 bits per heavy atom. The number of rotatable bonds is 6. The number of aryl methyl sites for hydroxylation is 2. The number of methoxy groups -OCH3 is 2. The number of nitrogens with zero attached hydrogens (tertiary/aromatic N) is 5. The molecule has 8 heteroatoms. The highest BCUT2D eigenvalue weighted by molar-refractivity contribution is 5.81. The van der Waals surface area contributed by atoms with Gasteiger partial charge in [-0.05, 0) is 49.2 Å². The maximum atomic E-state index is 5.46. The van der Waals surface area contributed by atoms with E-state index in [2.05, 4.69) is 25.4 Å². The van der Waals surface area contributed by atoms with Crippen LogP contribution >= 0.6 is 0 Å². The van der Waals surface area contributed by atoms with E-state index < -0.39 is 0 Å². The van der Waals surface area contributed by atoms with E-state index in [1.807, 2.05) is 44.2 Å². The number of hydrogen-bond acceptors (Lipinski definition) is 7. The van der Waals surface area contributed by atoms with Gasteiger partial charge in [0.15, 0.2) is 17.1 Å². The molecule has 1 aromatic carbocycles. The predicted octanol–water partition coefficient (Wildman–Crippen LogP) is 3.43. The number of ether oxygens (including phenoxy) is 2. The van der Waals surface area contributed by atoms with Crippen molar-refractivity contribution in [1.82, 2.24) is 24.6 Å².